The van der Waals surface area contributed by atoms with Crippen molar-refractivity contribution >= 4 is 39.1 Å². The van der Waals surface area contributed by atoms with Gasteiger partial charge in [-0.25, -0.2) is 0 Å². The Kier molecular flexibility index (Phi) is 12.8. The third kappa shape index (κ3) is 8.23. The van der Waals surface area contributed by atoms with Crippen LogP contribution in [0.2, 0.25) is 0 Å². The van der Waals surface area contributed by atoms with Crippen molar-refractivity contribution in [1.29, 1.82) is 0 Å². The van der Waals surface area contributed by atoms with Crippen molar-refractivity contribution in [2.45, 2.75) is 124 Å². The minimum Gasteiger partial charge on any atom is -0.512 e. The second kappa shape index (κ2) is 15.4. The minimum absolute atomic E-state index is 0. The van der Waals surface area contributed by atoms with Crippen LogP contribution in [0, 0.1) is 22.3 Å². The van der Waals surface area contributed by atoms with E-state index in [1.54, 1.807) is 0 Å². The van der Waals surface area contributed by atoms with Crippen LogP contribution in [0.3, 0.4) is 0 Å². The van der Waals surface area contributed by atoms with Crippen molar-refractivity contribution < 1.29 is 30.0 Å². The number of rotatable bonds is 9. The van der Waals surface area contributed by atoms with Gasteiger partial charge in [-0.1, -0.05) is 117 Å². The molecule has 0 saturated carbocycles. The largest absolute Gasteiger partial charge is 0.512 e. The number of carbonyl (C=O) groups excluding carboxylic acids is 1. The molecule has 1 aromatic heterocycles. The number of allylic oxidation sites excluding steroid dienone is 2. The molecule has 1 aliphatic heterocycles. The van der Waals surface area contributed by atoms with Crippen molar-refractivity contribution in [3.63, 3.8) is 0 Å². The summed E-state index contributed by atoms with van der Waals surface area (Å²) >= 11 is 1.92. The second-order valence-corrected chi connectivity index (χ2v) is 16.1. The number of benzene rings is 3. The Morgan fingerprint density at radius 1 is 0.936 bits per heavy atom. The maximum absolute atomic E-state index is 12.2. The van der Waals surface area contributed by atoms with Crippen LogP contribution in [0.1, 0.15) is 119 Å². The Labute approximate surface area is 301 Å². The average Bonchev–Trinajstić information content (AvgIpc) is 3.03. The van der Waals surface area contributed by atoms with Gasteiger partial charge >= 0.3 is 0 Å². The number of hydrogen-bond acceptors (Lipinski definition) is 4. The van der Waals surface area contributed by atoms with E-state index in [0.717, 1.165) is 37.8 Å². The smallest absolute Gasteiger partial charge is 0.164 e. The zero-order valence-electron chi connectivity index (χ0n) is 30.4. The number of aliphatic hydroxyl groups excluding tert-OH is 1. The van der Waals surface area contributed by atoms with Gasteiger partial charge in [0.05, 0.1) is 0 Å². The minimum atomic E-state index is -0.337. The third-order valence-electron chi connectivity index (χ3n) is 10.3. The summed E-state index contributed by atoms with van der Waals surface area (Å²) in [6, 6.07) is 19.3. The van der Waals surface area contributed by atoms with Gasteiger partial charge in [-0.05, 0) is 76.8 Å². The second-order valence-electron chi connectivity index (χ2n) is 15.1. The predicted molar refractivity (Wildman–Crippen MR) is 198 cm³/mol. The standard InChI is InChI=1S/C27H26NS.C15H28O2.Ir/c1-16(2)19-12-18-10-11-28-25-21-13-17-8-6-7-9-20(17)22(15-27(3,4)5)26(21)29-23(14-19)24(18)25;1-7-14(5,8-2)12(16)11-13(17)15(6,9-3)10-4;/h6-12,14,16H,15H2,1-5H3;11,16H,7-10H2,1-6H3;/q-1;;/b;12-11-;. The van der Waals surface area contributed by atoms with Gasteiger partial charge in [0, 0.05) is 53.8 Å². The first-order chi connectivity index (χ1) is 21.6. The van der Waals surface area contributed by atoms with Crippen LogP contribution in [-0.4, -0.2) is 15.9 Å². The monoisotopic (exact) mass is 829 g/mol. The molecular weight excluding hydrogens is 775 g/mol. The van der Waals surface area contributed by atoms with E-state index in [4.69, 9.17) is 4.98 Å². The number of ketones is 1. The zero-order valence-corrected chi connectivity index (χ0v) is 33.6. The predicted octanol–water partition coefficient (Wildman–Crippen LogP) is 12.7. The quantitative estimate of drug-likeness (QED) is 0.0913. The summed E-state index contributed by atoms with van der Waals surface area (Å²) in [4.78, 5) is 19.7. The van der Waals surface area contributed by atoms with E-state index in [-0.39, 0.29) is 47.9 Å². The number of aliphatic hydroxyl groups is 1. The number of fused-ring (bicyclic) bond motifs is 3. The van der Waals surface area contributed by atoms with E-state index in [1.165, 1.54) is 54.1 Å². The first kappa shape index (κ1) is 39.0. The molecule has 0 fully saturated rings. The molecule has 5 heteroatoms. The molecule has 0 amide bonds. The molecule has 0 saturated heterocycles. The molecule has 1 N–H and O–H groups in total. The maximum Gasteiger partial charge on any atom is 0.164 e. The fraction of sp³-hybridized carbons (Fsp3) is 0.476. The summed E-state index contributed by atoms with van der Waals surface area (Å²) < 4.78 is 0. The van der Waals surface area contributed by atoms with Crippen LogP contribution in [0.5, 0.6) is 0 Å². The van der Waals surface area contributed by atoms with Crippen LogP contribution < -0.4 is 0 Å². The molecule has 0 spiro atoms. The Bertz CT molecular complexity index is 1760. The van der Waals surface area contributed by atoms with Crippen molar-refractivity contribution in [3.05, 3.63) is 77.7 Å². The van der Waals surface area contributed by atoms with Crippen molar-refractivity contribution in [1.82, 2.24) is 4.98 Å². The van der Waals surface area contributed by atoms with E-state index in [9.17, 15) is 9.90 Å². The SMILES string of the molecule is CC(C)c1cc2c3c(nccc3c1)-c1[c-]c3ccccc3c(CC(C)(C)C)c1S2.CCC(C)(CC)C(=O)/C=C(\O)C(C)(CC)CC.[Ir]. The number of aromatic nitrogens is 1. The molecule has 0 aliphatic carbocycles. The van der Waals surface area contributed by atoms with Gasteiger partial charge in [-0.15, -0.1) is 29.3 Å². The van der Waals surface area contributed by atoms with Gasteiger partial charge in [-0.3, -0.25) is 9.78 Å². The molecule has 1 aliphatic rings. The van der Waals surface area contributed by atoms with Gasteiger partial charge in [0.2, 0.25) is 0 Å². The van der Waals surface area contributed by atoms with Crippen LogP contribution in [0.25, 0.3) is 32.8 Å². The molecule has 47 heavy (non-hydrogen) atoms. The zero-order chi connectivity index (χ0) is 34.0. The Morgan fingerprint density at radius 2 is 1.55 bits per heavy atom. The van der Waals surface area contributed by atoms with E-state index in [0.29, 0.717) is 5.92 Å². The molecule has 2 heterocycles. The van der Waals surface area contributed by atoms with Crippen molar-refractivity contribution in [2.75, 3.05) is 0 Å². The van der Waals surface area contributed by atoms with E-state index >= 15 is 0 Å². The molecule has 255 valence electrons. The van der Waals surface area contributed by atoms with Crippen molar-refractivity contribution in [2.24, 2.45) is 16.2 Å². The summed E-state index contributed by atoms with van der Waals surface area (Å²) in [5.74, 6) is 0.792. The van der Waals surface area contributed by atoms with Gasteiger partial charge in [0.1, 0.15) is 5.76 Å². The summed E-state index contributed by atoms with van der Waals surface area (Å²) in [7, 11) is 0. The van der Waals surface area contributed by atoms with E-state index in [1.807, 2.05) is 59.5 Å². The first-order valence-electron chi connectivity index (χ1n) is 17.1. The molecule has 3 aromatic carbocycles. The summed E-state index contributed by atoms with van der Waals surface area (Å²) in [6.07, 6.45) is 7.74. The van der Waals surface area contributed by atoms with E-state index in [2.05, 4.69) is 83.1 Å². The summed E-state index contributed by atoms with van der Waals surface area (Å²) in [6.45, 7) is 23.6. The Balaban J connectivity index is 0.000000290. The summed E-state index contributed by atoms with van der Waals surface area (Å²) in [5, 5.41) is 15.2. The molecule has 5 rings (SSSR count). The van der Waals surface area contributed by atoms with Gasteiger partial charge in [0.15, 0.2) is 5.78 Å². The number of nitrogens with zero attached hydrogens (tertiary/aromatic N) is 1. The Morgan fingerprint density at radius 3 is 2.13 bits per heavy atom. The molecule has 0 bridgehead atoms. The van der Waals surface area contributed by atoms with Gasteiger partial charge in [0.25, 0.3) is 0 Å². The Hall–Kier alpha value is -2.46. The number of carbonyl (C=O) groups is 1. The molecule has 4 aromatic rings. The first-order valence-corrected chi connectivity index (χ1v) is 18.0. The third-order valence-corrected chi connectivity index (χ3v) is 11.5. The fourth-order valence-corrected chi connectivity index (χ4v) is 7.29. The van der Waals surface area contributed by atoms with Crippen LogP contribution in [-0.2, 0) is 31.3 Å². The number of hydrogen-bond donors (Lipinski definition) is 1. The normalized spacial score (nSPS) is 13.2. The van der Waals surface area contributed by atoms with E-state index < -0.39 is 0 Å². The molecule has 3 nitrogen and oxygen atoms in total. The van der Waals surface area contributed by atoms with Gasteiger partial charge < -0.3 is 5.11 Å². The fourth-order valence-electron chi connectivity index (χ4n) is 6.00. The number of pyridine rings is 1. The van der Waals surface area contributed by atoms with Gasteiger partial charge in [-0.2, -0.15) is 0 Å². The molecule has 1 radical (unpaired) electrons. The van der Waals surface area contributed by atoms with Crippen LogP contribution in [0.4, 0.5) is 0 Å². The molecule has 0 atom stereocenters. The summed E-state index contributed by atoms with van der Waals surface area (Å²) in [5.41, 5.74) is 4.69. The molecular formula is C42H54IrNO2S-. The average molecular weight is 829 g/mol. The van der Waals surface area contributed by atoms with Crippen molar-refractivity contribution in [3.8, 4) is 11.3 Å². The van der Waals surface area contributed by atoms with Crippen LogP contribution in [0.15, 0.2) is 70.3 Å². The maximum atomic E-state index is 12.2. The topological polar surface area (TPSA) is 50.2 Å². The molecule has 0 unspecified atom stereocenters. The van der Waals surface area contributed by atoms with Crippen LogP contribution >= 0.6 is 11.8 Å².